The predicted molar refractivity (Wildman–Crippen MR) is 69.8 cm³/mol. The lowest BCUT2D eigenvalue weighted by molar-refractivity contribution is -0.151. The maximum Gasteiger partial charge on any atom is 0.309 e. The SMILES string of the molecule is COc1ccc(CC2(C(=O)O)CCCCC2)cc1F. The minimum atomic E-state index is -0.761. The average Bonchev–Trinajstić information content (AvgIpc) is 2.40. The van der Waals surface area contributed by atoms with Gasteiger partial charge >= 0.3 is 5.97 Å². The van der Waals surface area contributed by atoms with Gasteiger partial charge in [-0.25, -0.2) is 4.39 Å². The lowest BCUT2D eigenvalue weighted by Gasteiger charge is -2.33. The van der Waals surface area contributed by atoms with E-state index in [-0.39, 0.29) is 5.75 Å². The molecular weight excluding hydrogens is 247 g/mol. The first kappa shape index (κ1) is 13.8. The Hall–Kier alpha value is -1.58. The minimum absolute atomic E-state index is 0.191. The van der Waals surface area contributed by atoms with Gasteiger partial charge in [0.2, 0.25) is 0 Å². The van der Waals surface area contributed by atoms with E-state index in [1.807, 2.05) is 0 Å². The molecule has 0 amide bonds. The molecule has 0 spiro atoms. The second-order valence-corrected chi connectivity index (χ2v) is 5.29. The minimum Gasteiger partial charge on any atom is -0.494 e. The van der Waals surface area contributed by atoms with Crippen molar-refractivity contribution in [2.45, 2.75) is 38.5 Å². The Balaban J connectivity index is 2.22. The number of hydrogen-bond acceptors (Lipinski definition) is 2. The van der Waals surface area contributed by atoms with Crippen molar-refractivity contribution in [3.05, 3.63) is 29.6 Å². The monoisotopic (exact) mass is 266 g/mol. The number of ether oxygens (including phenoxy) is 1. The summed E-state index contributed by atoms with van der Waals surface area (Å²) in [6, 6.07) is 4.70. The van der Waals surface area contributed by atoms with Crippen molar-refractivity contribution in [3.63, 3.8) is 0 Å². The lowest BCUT2D eigenvalue weighted by atomic mass is 9.70. The third-order valence-electron chi connectivity index (χ3n) is 4.02. The first-order valence-corrected chi connectivity index (χ1v) is 6.63. The van der Waals surface area contributed by atoms with Gasteiger partial charge in [-0.3, -0.25) is 4.79 Å². The molecule has 19 heavy (non-hydrogen) atoms. The van der Waals surface area contributed by atoms with Gasteiger partial charge in [0.1, 0.15) is 0 Å². The number of carboxylic acids is 1. The summed E-state index contributed by atoms with van der Waals surface area (Å²) in [7, 11) is 1.41. The van der Waals surface area contributed by atoms with Gasteiger partial charge in [-0.1, -0.05) is 25.3 Å². The number of methoxy groups -OCH3 is 1. The number of benzene rings is 1. The summed E-state index contributed by atoms with van der Waals surface area (Å²) in [4.78, 5) is 11.6. The molecule has 1 aliphatic rings. The summed E-state index contributed by atoms with van der Waals surface area (Å²) in [6.45, 7) is 0. The topological polar surface area (TPSA) is 46.5 Å². The van der Waals surface area contributed by atoms with E-state index >= 15 is 0 Å². The first-order chi connectivity index (χ1) is 9.07. The van der Waals surface area contributed by atoms with Crippen LogP contribution in [0.2, 0.25) is 0 Å². The fourth-order valence-electron chi connectivity index (χ4n) is 2.91. The van der Waals surface area contributed by atoms with E-state index in [4.69, 9.17) is 4.74 Å². The van der Waals surface area contributed by atoms with Crippen LogP contribution < -0.4 is 4.74 Å². The Morgan fingerprint density at radius 1 is 1.37 bits per heavy atom. The largest absolute Gasteiger partial charge is 0.494 e. The van der Waals surface area contributed by atoms with Crippen molar-refractivity contribution in [2.24, 2.45) is 5.41 Å². The number of rotatable bonds is 4. The predicted octanol–water partition coefficient (Wildman–Crippen LogP) is 3.41. The molecule has 4 heteroatoms. The molecule has 0 aromatic heterocycles. The van der Waals surface area contributed by atoms with Crippen LogP contribution in [-0.2, 0) is 11.2 Å². The molecule has 0 aliphatic heterocycles. The van der Waals surface area contributed by atoms with E-state index < -0.39 is 17.2 Å². The van der Waals surface area contributed by atoms with Gasteiger partial charge in [0, 0.05) is 0 Å². The molecule has 1 fully saturated rings. The Morgan fingerprint density at radius 3 is 2.58 bits per heavy atom. The molecule has 3 nitrogen and oxygen atoms in total. The lowest BCUT2D eigenvalue weighted by Crippen LogP contribution is -2.35. The van der Waals surface area contributed by atoms with Crippen LogP contribution in [-0.4, -0.2) is 18.2 Å². The van der Waals surface area contributed by atoms with Gasteiger partial charge in [0.25, 0.3) is 0 Å². The molecule has 0 bridgehead atoms. The van der Waals surface area contributed by atoms with Crippen LogP contribution in [0.25, 0.3) is 0 Å². The highest BCUT2D eigenvalue weighted by atomic mass is 19.1. The third kappa shape index (κ3) is 2.88. The van der Waals surface area contributed by atoms with E-state index in [0.29, 0.717) is 19.3 Å². The van der Waals surface area contributed by atoms with Crippen molar-refractivity contribution in [3.8, 4) is 5.75 Å². The van der Waals surface area contributed by atoms with Crippen LogP contribution in [0.5, 0.6) is 5.75 Å². The van der Waals surface area contributed by atoms with Crippen molar-refractivity contribution in [2.75, 3.05) is 7.11 Å². The number of carboxylic acid groups (broad SMARTS) is 1. The normalized spacial score (nSPS) is 18.0. The van der Waals surface area contributed by atoms with E-state index in [1.165, 1.54) is 13.2 Å². The molecule has 1 aromatic rings. The van der Waals surface area contributed by atoms with Crippen LogP contribution in [0.3, 0.4) is 0 Å². The maximum absolute atomic E-state index is 13.7. The van der Waals surface area contributed by atoms with Gasteiger partial charge < -0.3 is 9.84 Å². The van der Waals surface area contributed by atoms with E-state index in [9.17, 15) is 14.3 Å². The van der Waals surface area contributed by atoms with Gasteiger partial charge in [0.05, 0.1) is 12.5 Å². The summed E-state index contributed by atoms with van der Waals surface area (Å²) in [5, 5.41) is 9.50. The van der Waals surface area contributed by atoms with E-state index in [2.05, 4.69) is 0 Å². The van der Waals surface area contributed by atoms with Crippen LogP contribution in [0, 0.1) is 11.2 Å². The zero-order chi connectivity index (χ0) is 13.9. The number of hydrogen-bond donors (Lipinski definition) is 1. The molecule has 0 radical (unpaired) electrons. The summed E-state index contributed by atoms with van der Waals surface area (Å²) < 4.78 is 18.5. The Labute approximate surface area is 112 Å². The van der Waals surface area contributed by atoms with Gasteiger partial charge in [-0.15, -0.1) is 0 Å². The molecule has 2 rings (SSSR count). The summed E-state index contributed by atoms with van der Waals surface area (Å²) in [6.07, 6.45) is 4.71. The second-order valence-electron chi connectivity index (χ2n) is 5.29. The van der Waals surface area contributed by atoms with Gasteiger partial charge in [-0.05, 0) is 37.0 Å². The number of halogens is 1. The Morgan fingerprint density at radius 2 is 2.05 bits per heavy atom. The molecule has 0 heterocycles. The zero-order valence-electron chi connectivity index (χ0n) is 11.1. The van der Waals surface area contributed by atoms with E-state index in [0.717, 1.165) is 24.8 Å². The number of aliphatic carboxylic acids is 1. The number of carbonyl (C=O) groups is 1. The molecular formula is C15H19FO3. The van der Waals surface area contributed by atoms with Gasteiger partial charge in [-0.2, -0.15) is 0 Å². The maximum atomic E-state index is 13.7. The molecule has 0 unspecified atom stereocenters. The van der Waals surface area contributed by atoms with Crippen LogP contribution in [0.4, 0.5) is 4.39 Å². The summed E-state index contributed by atoms with van der Waals surface area (Å²) in [5.74, 6) is -1.00. The fourth-order valence-corrected chi connectivity index (χ4v) is 2.91. The van der Waals surface area contributed by atoms with Crippen molar-refractivity contribution < 1.29 is 19.0 Å². The summed E-state index contributed by atoms with van der Waals surface area (Å²) in [5.41, 5.74) is 0.00169. The molecule has 0 saturated heterocycles. The van der Waals surface area contributed by atoms with Crippen LogP contribution in [0.1, 0.15) is 37.7 Å². The molecule has 1 N–H and O–H groups in total. The van der Waals surface area contributed by atoms with Gasteiger partial charge in [0.15, 0.2) is 11.6 Å². The molecule has 1 aromatic carbocycles. The Kier molecular flexibility index (Phi) is 4.08. The zero-order valence-corrected chi connectivity index (χ0v) is 11.1. The average molecular weight is 266 g/mol. The fraction of sp³-hybridized carbons (Fsp3) is 0.533. The van der Waals surface area contributed by atoms with Crippen LogP contribution in [0.15, 0.2) is 18.2 Å². The molecule has 1 aliphatic carbocycles. The van der Waals surface area contributed by atoms with Crippen molar-refractivity contribution in [1.29, 1.82) is 0 Å². The molecule has 0 atom stereocenters. The standard InChI is InChI=1S/C15H19FO3/c1-19-13-6-5-11(9-12(13)16)10-15(14(17)18)7-3-2-4-8-15/h5-6,9H,2-4,7-8,10H2,1H3,(H,17,18). The molecule has 1 saturated carbocycles. The summed E-state index contributed by atoms with van der Waals surface area (Å²) >= 11 is 0. The third-order valence-corrected chi connectivity index (χ3v) is 4.02. The second kappa shape index (κ2) is 5.59. The Bertz CT molecular complexity index is 464. The van der Waals surface area contributed by atoms with Crippen molar-refractivity contribution in [1.82, 2.24) is 0 Å². The smallest absolute Gasteiger partial charge is 0.309 e. The highest BCUT2D eigenvalue weighted by Crippen LogP contribution is 2.40. The van der Waals surface area contributed by atoms with Crippen molar-refractivity contribution >= 4 is 5.97 Å². The quantitative estimate of drug-likeness (QED) is 0.908. The highest BCUT2D eigenvalue weighted by Gasteiger charge is 2.39. The van der Waals surface area contributed by atoms with Crippen LogP contribution >= 0.6 is 0 Å². The highest BCUT2D eigenvalue weighted by molar-refractivity contribution is 5.75. The molecule has 104 valence electrons. The first-order valence-electron chi connectivity index (χ1n) is 6.63. The van der Waals surface area contributed by atoms with E-state index in [1.54, 1.807) is 12.1 Å².